The molecule has 4 heterocycles. The summed E-state index contributed by atoms with van der Waals surface area (Å²) < 4.78 is 12.1. The smallest absolute Gasteiger partial charge is 0.312 e. The van der Waals surface area contributed by atoms with Gasteiger partial charge < -0.3 is 24.4 Å². The van der Waals surface area contributed by atoms with Crippen molar-refractivity contribution in [3.63, 3.8) is 0 Å². The third-order valence-corrected chi connectivity index (χ3v) is 7.52. The molecule has 1 spiro atoms. The Labute approximate surface area is 201 Å². The molecule has 2 saturated heterocycles. The van der Waals surface area contributed by atoms with E-state index >= 15 is 0 Å². The predicted molar refractivity (Wildman–Crippen MR) is 126 cm³/mol. The number of hydrogen-bond acceptors (Lipinski definition) is 6. The second-order valence-electron chi connectivity index (χ2n) is 9.79. The molecular weight excluding hydrogens is 436 g/mol. The minimum Gasteiger partial charge on any atom is -0.465 e. The van der Waals surface area contributed by atoms with Gasteiger partial charge in [0, 0.05) is 26.2 Å². The van der Waals surface area contributed by atoms with E-state index in [9.17, 15) is 14.4 Å². The van der Waals surface area contributed by atoms with Gasteiger partial charge in [0.25, 0.3) is 0 Å². The monoisotopic (exact) mass is 474 g/mol. The number of cyclic esters (lactones) is 1. The van der Waals surface area contributed by atoms with Crippen LogP contribution in [0, 0.1) is 11.8 Å². The molecule has 0 aliphatic carbocycles. The molecule has 0 aromatic rings. The first-order chi connectivity index (χ1) is 16.5. The topological polar surface area (TPSA) is 96.4 Å². The fraction of sp³-hybridized carbons (Fsp3) is 0.731. The van der Waals surface area contributed by atoms with Crippen LogP contribution in [0.3, 0.4) is 0 Å². The Morgan fingerprint density at radius 2 is 1.88 bits per heavy atom. The van der Waals surface area contributed by atoms with Crippen LogP contribution in [0.5, 0.6) is 0 Å². The molecule has 4 aliphatic rings. The van der Waals surface area contributed by atoms with Crippen molar-refractivity contribution in [1.82, 2.24) is 9.80 Å². The number of carbonyl (C=O) groups is 3. The molecule has 34 heavy (non-hydrogen) atoms. The van der Waals surface area contributed by atoms with Crippen molar-refractivity contribution < 1.29 is 29.0 Å². The third kappa shape index (κ3) is 4.54. The zero-order valence-electron chi connectivity index (χ0n) is 20.2. The van der Waals surface area contributed by atoms with E-state index in [1.165, 1.54) is 0 Å². The molecule has 188 valence electrons. The number of fused-ring (bicyclic) bond motifs is 2. The molecule has 0 saturated carbocycles. The number of likely N-dealkylation sites (tertiary alicyclic amines) is 1. The highest BCUT2D eigenvalue weighted by molar-refractivity contribution is 5.99. The molecule has 0 radical (unpaired) electrons. The van der Waals surface area contributed by atoms with Gasteiger partial charge in [-0.2, -0.15) is 0 Å². The Hall–Kier alpha value is -2.19. The van der Waals surface area contributed by atoms with Crippen LogP contribution in [0.25, 0.3) is 0 Å². The van der Waals surface area contributed by atoms with Crippen LogP contribution < -0.4 is 0 Å². The van der Waals surface area contributed by atoms with Gasteiger partial charge in [0.2, 0.25) is 11.8 Å². The standard InChI is InChI=1S/C26H38N2O6/c1-2-3-14-27-15-11-13-26-21(20-19(34-26)12-7-6-10-18-33-25(20)32)23(30)28(22(26)24(27)31)16-8-4-5-9-17-29/h7,11-13,19-22,29H,2-6,8-10,14-18H2,1H3/b12-7-/t19-,20+,21+,22?,26+/m1/s1. The second kappa shape index (κ2) is 11.0. The summed E-state index contributed by atoms with van der Waals surface area (Å²) in [5, 5.41) is 9.06. The molecule has 0 bridgehead atoms. The second-order valence-corrected chi connectivity index (χ2v) is 9.79. The van der Waals surface area contributed by atoms with Crippen LogP contribution in [0.2, 0.25) is 0 Å². The molecular formula is C26H38N2O6. The van der Waals surface area contributed by atoms with Crippen LogP contribution in [-0.4, -0.2) is 83.3 Å². The summed E-state index contributed by atoms with van der Waals surface area (Å²) in [5.41, 5.74) is -1.17. The number of nitrogens with zero attached hydrogens (tertiary/aromatic N) is 2. The lowest BCUT2D eigenvalue weighted by Gasteiger charge is -2.35. The number of allylic oxidation sites excluding steroid dienone is 1. The highest BCUT2D eigenvalue weighted by atomic mass is 16.6. The van der Waals surface area contributed by atoms with Crippen molar-refractivity contribution in [3.8, 4) is 0 Å². The quantitative estimate of drug-likeness (QED) is 0.313. The lowest BCUT2D eigenvalue weighted by atomic mass is 9.78. The van der Waals surface area contributed by atoms with Gasteiger partial charge in [-0.05, 0) is 32.1 Å². The number of carbonyl (C=O) groups excluding carboxylic acids is 3. The highest BCUT2D eigenvalue weighted by Gasteiger charge is 2.71. The number of amides is 2. The molecule has 8 heteroatoms. The maximum atomic E-state index is 13.9. The average Bonchev–Trinajstić information content (AvgIpc) is 3.23. The number of hydrogen-bond donors (Lipinski definition) is 1. The molecule has 0 aromatic carbocycles. The van der Waals surface area contributed by atoms with Gasteiger partial charge in [-0.3, -0.25) is 14.4 Å². The molecule has 4 aliphatic heterocycles. The van der Waals surface area contributed by atoms with Crippen LogP contribution >= 0.6 is 0 Å². The number of ether oxygens (including phenoxy) is 2. The van der Waals surface area contributed by atoms with Gasteiger partial charge in [-0.25, -0.2) is 0 Å². The first-order valence-corrected chi connectivity index (χ1v) is 12.9. The number of esters is 1. The molecule has 4 rings (SSSR count). The van der Waals surface area contributed by atoms with Crippen LogP contribution in [0.4, 0.5) is 0 Å². The van der Waals surface area contributed by atoms with Crippen molar-refractivity contribution in [2.24, 2.45) is 11.8 Å². The van der Waals surface area contributed by atoms with E-state index < -0.39 is 35.6 Å². The molecule has 1 N–H and O–H groups in total. The molecule has 2 fully saturated rings. The first-order valence-electron chi connectivity index (χ1n) is 12.9. The molecule has 0 aromatic heterocycles. The number of unbranched alkanes of at least 4 members (excludes halogenated alkanes) is 4. The minimum absolute atomic E-state index is 0.103. The predicted octanol–water partition coefficient (Wildman–Crippen LogP) is 2.21. The van der Waals surface area contributed by atoms with Crippen molar-refractivity contribution in [1.29, 1.82) is 0 Å². The summed E-state index contributed by atoms with van der Waals surface area (Å²) in [4.78, 5) is 44.4. The molecule has 1 unspecified atom stereocenters. The molecule has 8 nitrogen and oxygen atoms in total. The Kier molecular flexibility index (Phi) is 8.09. The Morgan fingerprint density at radius 3 is 2.68 bits per heavy atom. The van der Waals surface area contributed by atoms with Gasteiger partial charge in [0.1, 0.15) is 17.6 Å². The van der Waals surface area contributed by atoms with Crippen molar-refractivity contribution in [3.05, 3.63) is 24.3 Å². The number of rotatable bonds is 9. The minimum atomic E-state index is -1.17. The van der Waals surface area contributed by atoms with Gasteiger partial charge in [-0.1, -0.05) is 50.5 Å². The summed E-state index contributed by atoms with van der Waals surface area (Å²) in [6, 6.07) is -0.782. The zero-order valence-corrected chi connectivity index (χ0v) is 20.2. The Morgan fingerprint density at radius 1 is 1.06 bits per heavy atom. The fourth-order valence-corrected chi connectivity index (χ4v) is 5.84. The first kappa shape index (κ1) is 24.9. The Balaban J connectivity index is 1.68. The number of aliphatic hydroxyl groups is 1. The lowest BCUT2D eigenvalue weighted by molar-refractivity contribution is -0.154. The van der Waals surface area contributed by atoms with Crippen molar-refractivity contribution in [2.45, 2.75) is 76.0 Å². The SMILES string of the molecule is CCCCN1CC=C[C@]23O[C@@H]4/C=C\CCCOC(=O)[C@@H]4[C@H]2C(=O)N(CCCCCCO)C3C1=O. The van der Waals surface area contributed by atoms with Crippen molar-refractivity contribution >= 4 is 17.8 Å². The third-order valence-electron chi connectivity index (χ3n) is 7.52. The summed E-state index contributed by atoms with van der Waals surface area (Å²) in [6.45, 7) is 4.09. The normalized spacial score (nSPS) is 34.0. The largest absolute Gasteiger partial charge is 0.465 e. The summed E-state index contributed by atoms with van der Waals surface area (Å²) in [5.74, 6) is -2.25. The van der Waals surface area contributed by atoms with Crippen LogP contribution in [0.15, 0.2) is 24.3 Å². The summed E-state index contributed by atoms with van der Waals surface area (Å²) in [7, 11) is 0. The maximum Gasteiger partial charge on any atom is 0.312 e. The Bertz CT molecular complexity index is 826. The van der Waals surface area contributed by atoms with Gasteiger partial charge in [0.05, 0.1) is 18.6 Å². The maximum absolute atomic E-state index is 13.9. The van der Waals surface area contributed by atoms with E-state index in [4.69, 9.17) is 14.6 Å². The lowest BCUT2D eigenvalue weighted by Crippen LogP contribution is -2.55. The van der Waals surface area contributed by atoms with E-state index in [2.05, 4.69) is 6.92 Å². The molecule has 2 amide bonds. The average molecular weight is 475 g/mol. The van der Waals surface area contributed by atoms with Gasteiger partial charge >= 0.3 is 5.97 Å². The van der Waals surface area contributed by atoms with Crippen molar-refractivity contribution in [2.75, 3.05) is 32.8 Å². The summed E-state index contributed by atoms with van der Waals surface area (Å²) >= 11 is 0. The number of aliphatic hydroxyl groups excluding tert-OH is 1. The van der Waals surface area contributed by atoms with Crippen LogP contribution in [0.1, 0.15) is 58.3 Å². The zero-order chi connectivity index (χ0) is 24.1. The van der Waals surface area contributed by atoms with E-state index in [-0.39, 0.29) is 18.4 Å². The van der Waals surface area contributed by atoms with E-state index in [0.29, 0.717) is 26.2 Å². The van der Waals surface area contributed by atoms with Crippen LogP contribution in [-0.2, 0) is 23.9 Å². The van der Waals surface area contributed by atoms with E-state index in [1.807, 2.05) is 29.2 Å². The molecule has 5 atom stereocenters. The van der Waals surface area contributed by atoms with E-state index in [1.54, 1.807) is 4.90 Å². The fourth-order valence-electron chi connectivity index (χ4n) is 5.84. The highest BCUT2D eigenvalue weighted by Crippen LogP contribution is 2.53. The van der Waals surface area contributed by atoms with E-state index in [0.717, 1.165) is 51.4 Å². The summed E-state index contributed by atoms with van der Waals surface area (Å²) in [6.07, 6.45) is 13.6. The van der Waals surface area contributed by atoms with Gasteiger partial charge in [0.15, 0.2) is 0 Å². The van der Waals surface area contributed by atoms with Gasteiger partial charge in [-0.15, -0.1) is 0 Å².